The first-order valence-corrected chi connectivity index (χ1v) is 7.65. The molecule has 1 aromatic heterocycles. The van der Waals surface area contributed by atoms with Gasteiger partial charge in [-0.1, -0.05) is 24.6 Å². The van der Waals surface area contributed by atoms with E-state index in [2.05, 4.69) is 16.8 Å². The number of benzene rings is 1. The summed E-state index contributed by atoms with van der Waals surface area (Å²) in [7, 11) is 0. The maximum atomic E-state index is 12.6. The third-order valence-corrected chi connectivity index (χ3v) is 4.60. The third kappa shape index (κ3) is 2.51. The Morgan fingerprint density at radius 3 is 2.67 bits per heavy atom. The molecule has 1 aliphatic heterocycles. The largest absolute Gasteiger partial charge is 0.329 e. The number of hydrogen-bond acceptors (Lipinski definition) is 3. The number of fused-ring (bicyclic) bond motifs is 1. The second-order valence-corrected chi connectivity index (χ2v) is 5.84. The van der Waals surface area contributed by atoms with Gasteiger partial charge in [-0.15, -0.1) is 0 Å². The highest BCUT2D eigenvalue weighted by molar-refractivity contribution is 6.34. The van der Waals surface area contributed by atoms with Crippen molar-refractivity contribution in [1.82, 2.24) is 14.5 Å². The van der Waals surface area contributed by atoms with Gasteiger partial charge in [-0.25, -0.2) is 4.79 Å². The van der Waals surface area contributed by atoms with Gasteiger partial charge < -0.3 is 9.88 Å². The topological polar surface area (TPSA) is 58.1 Å². The number of H-pyrrole nitrogens is 1. The Balaban J connectivity index is 2.08. The molecular formula is C15H18ClN3O2. The van der Waals surface area contributed by atoms with Crippen molar-refractivity contribution in [3.05, 3.63) is 44.1 Å². The van der Waals surface area contributed by atoms with Crippen molar-refractivity contribution in [2.24, 2.45) is 0 Å². The van der Waals surface area contributed by atoms with E-state index in [1.807, 2.05) is 0 Å². The normalized spacial score (nSPS) is 17.4. The zero-order valence-corrected chi connectivity index (χ0v) is 12.7. The highest BCUT2D eigenvalue weighted by Crippen LogP contribution is 2.21. The molecule has 0 aliphatic carbocycles. The smallest absolute Gasteiger partial charge is 0.305 e. The number of aromatic nitrogens is 2. The Hall–Kier alpha value is -1.59. The molecule has 1 N–H and O–H groups in total. The molecule has 1 saturated heterocycles. The van der Waals surface area contributed by atoms with Gasteiger partial charge in [0.15, 0.2) is 0 Å². The van der Waals surface area contributed by atoms with E-state index in [-0.39, 0.29) is 17.3 Å². The van der Waals surface area contributed by atoms with Crippen LogP contribution in [0, 0.1) is 0 Å². The quantitative estimate of drug-likeness (QED) is 0.923. The fourth-order valence-corrected chi connectivity index (χ4v) is 3.27. The number of piperidine rings is 1. The van der Waals surface area contributed by atoms with Gasteiger partial charge >= 0.3 is 5.69 Å². The van der Waals surface area contributed by atoms with Crippen LogP contribution in [-0.4, -0.2) is 34.1 Å². The molecule has 21 heavy (non-hydrogen) atoms. The van der Waals surface area contributed by atoms with E-state index in [9.17, 15) is 9.59 Å². The number of likely N-dealkylation sites (tertiary alicyclic amines) is 1. The molecule has 0 atom stereocenters. The summed E-state index contributed by atoms with van der Waals surface area (Å²) in [6, 6.07) is 5.07. The Labute approximate surface area is 127 Å². The summed E-state index contributed by atoms with van der Waals surface area (Å²) < 4.78 is 1.37. The monoisotopic (exact) mass is 307 g/mol. The van der Waals surface area contributed by atoms with Crippen LogP contribution in [0.5, 0.6) is 0 Å². The van der Waals surface area contributed by atoms with Crippen LogP contribution in [0.25, 0.3) is 10.9 Å². The fourth-order valence-electron chi connectivity index (χ4n) is 3.04. The number of aromatic amines is 1. The molecule has 0 radical (unpaired) electrons. The molecular weight excluding hydrogens is 290 g/mol. The van der Waals surface area contributed by atoms with Gasteiger partial charge in [0, 0.05) is 19.1 Å². The zero-order valence-electron chi connectivity index (χ0n) is 11.9. The molecule has 0 spiro atoms. The van der Waals surface area contributed by atoms with Gasteiger partial charge in [0.05, 0.1) is 15.9 Å². The Kier molecular flexibility index (Phi) is 3.87. The standard InChI is InChI=1S/C15H18ClN3O2/c1-2-18-8-6-10(7-9-18)19-14(20)11-4-3-5-12(16)13(11)17-15(19)21/h3-5,10H,2,6-9H2,1H3,(H,17,21). The molecule has 1 aliphatic rings. The average molecular weight is 308 g/mol. The summed E-state index contributed by atoms with van der Waals surface area (Å²) >= 11 is 6.05. The molecule has 6 heteroatoms. The van der Waals surface area contributed by atoms with Crippen LogP contribution in [0.4, 0.5) is 0 Å². The van der Waals surface area contributed by atoms with E-state index >= 15 is 0 Å². The van der Waals surface area contributed by atoms with Crippen molar-refractivity contribution >= 4 is 22.5 Å². The lowest BCUT2D eigenvalue weighted by Gasteiger charge is -2.31. The lowest BCUT2D eigenvalue weighted by atomic mass is 10.0. The van der Waals surface area contributed by atoms with Gasteiger partial charge in [-0.2, -0.15) is 0 Å². The van der Waals surface area contributed by atoms with Gasteiger partial charge in [-0.3, -0.25) is 9.36 Å². The zero-order chi connectivity index (χ0) is 15.0. The number of nitrogens with zero attached hydrogens (tertiary/aromatic N) is 2. The summed E-state index contributed by atoms with van der Waals surface area (Å²) in [5.74, 6) is 0. The Morgan fingerprint density at radius 1 is 1.29 bits per heavy atom. The van der Waals surface area contributed by atoms with Crippen LogP contribution >= 0.6 is 11.6 Å². The molecule has 0 amide bonds. The van der Waals surface area contributed by atoms with E-state index < -0.39 is 0 Å². The maximum absolute atomic E-state index is 12.6. The summed E-state index contributed by atoms with van der Waals surface area (Å²) in [5.41, 5.74) is -0.182. The molecule has 5 nitrogen and oxygen atoms in total. The minimum atomic E-state index is -0.365. The van der Waals surface area contributed by atoms with Crippen LogP contribution < -0.4 is 11.2 Å². The van der Waals surface area contributed by atoms with Crippen molar-refractivity contribution in [3.8, 4) is 0 Å². The predicted octanol–water partition coefficient (Wildman–Crippen LogP) is 2.00. The molecule has 1 fully saturated rings. The molecule has 1 aromatic carbocycles. The minimum Gasteiger partial charge on any atom is -0.305 e. The fraction of sp³-hybridized carbons (Fsp3) is 0.467. The minimum absolute atomic E-state index is 0.0348. The lowest BCUT2D eigenvalue weighted by molar-refractivity contribution is 0.190. The van der Waals surface area contributed by atoms with E-state index in [1.54, 1.807) is 18.2 Å². The molecule has 2 aromatic rings. The van der Waals surface area contributed by atoms with Crippen LogP contribution in [0.1, 0.15) is 25.8 Å². The lowest BCUT2D eigenvalue weighted by Crippen LogP contribution is -2.43. The van der Waals surface area contributed by atoms with Crippen LogP contribution in [-0.2, 0) is 0 Å². The number of hydrogen-bond donors (Lipinski definition) is 1. The molecule has 0 unspecified atom stereocenters. The first-order chi connectivity index (χ1) is 10.1. The molecule has 2 heterocycles. The summed E-state index contributed by atoms with van der Waals surface area (Å²) in [6.45, 7) is 4.96. The van der Waals surface area contributed by atoms with E-state index in [4.69, 9.17) is 11.6 Å². The van der Waals surface area contributed by atoms with E-state index in [0.717, 1.165) is 32.5 Å². The van der Waals surface area contributed by atoms with Crippen LogP contribution in [0.15, 0.2) is 27.8 Å². The molecule has 3 rings (SSSR count). The van der Waals surface area contributed by atoms with Gasteiger partial charge in [-0.05, 0) is 31.5 Å². The summed E-state index contributed by atoms with van der Waals surface area (Å²) in [4.78, 5) is 30.0. The summed E-state index contributed by atoms with van der Waals surface area (Å²) in [6.07, 6.45) is 1.64. The Bertz CT molecular complexity index is 773. The molecule has 0 bridgehead atoms. The SMILES string of the molecule is CCN1CCC(n2c(=O)[nH]c3c(Cl)cccc3c2=O)CC1. The van der Waals surface area contributed by atoms with Crippen LogP contribution in [0.3, 0.4) is 0 Å². The van der Waals surface area contributed by atoms with Crippen molar-refractivity contribution in [2.75, 3.05) is 19.6 Å². The third-order valence-electron chi connectivity index (χ3n) is 4.28. The predicted molar refractivity (Wildman–Crippen MR) is 84.2 cm³/mol. The molecule has 112 valence electrons. The maximum Gasteiger partial charge on any atom is 0.329 e. The number of para-hydroxylation sites is 1. The highest BCUT2D eigenvalue weighted by atomic mass is 35.5. The van der Waals surface area contributed by atoms with Crippen molar-refractivity contribution in [1.29, 1.82) is 0 Å². The average Bonchev–Trinajstić information content (AvgIpc) is 2.49. The number of nitrogens with one attached hydrogen (secondary N) is 1. The second-order valence-electron chi connectivity index (χ2n) is 5.43. The number of rotatable bonds is 2. The first kappa shape index (κ1) is 14.4. The van der Waals surface area contributed by atoms with Crippen molar-refractivity contribution in [3.63, 3.8) is 0 Å². The van der Waals surface area contributed by atoms with Crippen molar-refractivity contribution < 1.29 is 0 Å². The van der Waals surface area contributed by atoms with Gasteiger partial charge in [0.1, 0.15) is 0 Å². The number of halogens is 1. The van der Waals surface area contributed by atoms with E-state index in [1.165, 1.54) is 4.57 Å². The Morgan fingerprint density at radius 2 is 2.00 bits per heavy atom. The highest BCUT2D eigenvalue weighted by Gasteiger charge is 2.23. The van der Waals surface area contributed by atoms with E-state index in [0.29, 0.717) is 15.9 Å². The molecule has 0 saturated carbocycles. The van der Waals surface area contributed by atoms with Gasteiger partial charge in [0.25, 0.3) is 5.56 Å². The first-order valence-electron chi connectivity index (χ1n) is 7.27. The second kappa shape index (κ2) is 5.66. The van der Waals surface area contributed by atoms with Crippen LogP contribution in [0.2, 0.25) is 5.02 Å². The van der Waals surface area contributed by atoms with Gasteiger partial charge in [0.2, 0.25) is 0 Å². The van der Waals surface area contributed by atoms with Crippen molar-refractivity contribution in [2.45, 2.75) is 25.8 Å². The summed E-state index contributed by atoms with van der Waals surface area (Å²) in [5, 5.41) is 0.870.